The minimum Gasteiger partial charge on any atom is -0.321 e. The largest absolute Gasteiger partial charge is 0.321 e. The van der Waals surface area contributed by atoms with E-state index in [2.05, 4.69) is 0 Å². The van der Waals surface area contributed by atoms with Crippen LogP contribution in [0.15, 0.2) is 17.0 Å². The van der Waals surface area contributed by atoms with E-state index in [-0.39, 0.29) is 10.5 Å². The Morgan fingerprint density at radius 2 is 1.88 bits per heavy atom. The lowest BCUT2D eigenvalue weighted by molar-refractivity contribution is 0.481. The maximum absolute atomic E-state index is 13.5. The van der Waals surface area contributed by atoms with Crippen LogP contribution in [0.25, 0.3) is 0 Å². The van der Waals surface area contributed by atoms with Crippen LogP contribution < -0.4 is 5.73 Å². The molecule has 1 aromatic carbocycles. The number of halogens is 2. The Bertz CT molecular complexity index is 550. The van der Waals surface area contributed by atoms with Crippen LogP contribution in [-0.4, -0.2) is 14.7 Å². The summed E-state index contributed by atoms with van der Waals surface area (Å²) in [5.41, 5.74) is 4.80. The van der Waals surface area contributed by atoms with Crippen molar-refractivity contribution in [3.63, 3.8) is 0 Å². The lowest BCUT2D eigenvalue weighted by Crippen LogP contribution is -2.21. The third kappa shape index (κ3) is 1.82. The Balaban J connectivity index is 2.66. The molecular formula is C10H11F2NO2S. The van der Waals surface area contributed by atoms with Crippen molar-refractivity contribution in [1.82, 2.24) is 0 Å². The molecule has 0 radical (unpaired) electrons. The summed E-state index contributed by atoms with van der Waals surface area (Å²) in [6.45, 7) is 0. The molecule has 0 atom stereocenters. The molecule has 1 saturated carbocycles. The number of benzene rings is 1. The number of sulfone groups is 1. The van der Waals surface area contributed by atoms with Gasteiger partial charge in [0.1, 0.15) is 0 Å². The van der Waals surface area contributed by atoms with E-state index in [0.717, 1.165) is 12.3 Å². The number of hydrogen-bond acceptors (Lipinski definition) is 3. The summed E-state index contributed by atoms with van der Waals surface area (Å²) in [6.07, 6.45) is 2.02. The molecule has 0 bridgehead atoms. The molecular weight excluding hydrogens is 236 g/mol. The molecule has 1 aromatic rings. The second kappa shape index (κ2) is 3.24. The molecule has 2 rings (SSSR count). The zero-order valence-corrected chi connectivity index (χ0v) is 9.44. The third-order valence-electron chi connectivity index (χ3n) is 2.75. The molecule has 3 nitrogen and oxygen atoms in total. The molecule has 1 aliphatic carbocycles. The van der Waals surface area contributed by atoms with E-state index in [1.807, 2.05) is 0 Å². The van der Waals surface area contributed by atoms with E-state index in [1.54, 1.807) is 0 Å². The van der Waals surface area contributed by atoms with Crippen LogP contribution in [0.2, 0.25) is 0 Å². The highest BCUT2D eigenvalue weighted by molar-refractivity contribution is 7.90. The van der Waals surface area contributed by atoms with Crippen molar-refractivity contribution in [2.24, 2.45) is 5.73 Å². The van der Waals surface area contributed by atoms with Crippen molar-refractivity contribution in [1.29, 1.82) is 0 Å². The maximum Gasteiger partial charge on any atom is 0.175 e. The highest BCUT2D eigenvalue weighted by atomic mass is 32.2. The summed E-state index contributed by atoms with van der Waals surface area (Å²) in [5.74, 6) is -2.22. The van der Waals surface area contributed by atoms with Crippen molar-refractivity contribution in [3.8, 4) is 0 Å². The van der Waals surface area contributed by atoms with Crippen LogP contribution in [0, 0.1) is 11.6 Å². The Labute approximate surface area is 92.2 Å². The van der Waals surface area contributed by atoms with Gasteiger partial charge in [-0.05, 0) is 25.0 Å². The predicted molar refractivity (Wildman–Crippen MR) is 54.6 cm³/mol. The fourth-order valence-corrected chi connectivity index (χ4v) is 2.19. The Hall–Kier alpha value is -1.01. The molecule has 88 valence electrons. The summed E-state index contributed by atoms with van der Waals surface area (Å²) in [6, 6.07) is 1.81. The zero-order chi connectivity index (χ0) is 12.1. The molecule has 16 heavy (non-hydrogen) atoms. The van der Waals surface area contributed by atoms with Crippen LogP contribution in [0.3, 0.4) is 0 Å². The molecule has 1 fully saturated rings. The van der Waals surface area contributed by atoms with Crippen molar-refractivity contribution in [2.75, 3.05) is 6.26 Å². The van der Waals surface area contributed by atoms with Crippen LogP contribution in [-0.2, 0) is 15.4 Å². The first-order valence-corrected chi connectivity index (χ1v) is 6.62. The minimum atomic E-state index is -3.56. The number of rotatable bonds is 2. The zero-order valence-electron chi connectivity index (χ0n) is 8.63. The number of hydrogen-bond donors (Lipinski definition) is 1. The van der Waals surface area contributed by atoms with Crippen LogP contribution >= 0.6 is 0 Å². The first-order chi connectivity index (χ1) is 7.24. The van der Waals surface area contributed by atoms with E-state index in [9.17, 15) is 17.2 Å². The van der Waals surface area contributed by atoms with Gasteiger partial charge in [-0.25, -0.2) is 17.2 Å². The second-order valence-corrected chi connectivity index (χ2v) is 6.21. The van der Waals surface area contributed by atoms with Gasteiger partial charge in [0.05, 0.1) is 4.90 Å². The van der Waals surface area contributed by atoms with E-state index in [0.29, 0.717) is 18.9 Å². The summed E-state index contributed by atoms with van der Waals surface area (Å²) < 4.78 is 49.2. The summed E-state index contributed by atoms with van der Waals surface area (Å²) in [5, 5.41) is 0. The normalized spacial score (nSPS) is 18.5. The lowest BCUT2D eigenvalue weighted by atomic mass is 10.1. The van der Waals surface area contributed by atoms with Gasteiger partial charge < -0.3 is 5.73 Å². The van der Waals surface area contributed by atoms with Gasteiger partial charge in [0.25, 0.3) is 0 Å². The molecule has 0 saturated heterocycles. The molecule has 2 N–H and O–H groups in total. The average Bonchev–Trinajstić information content (AvgIpc) is 2.87. The fraction of sp³-hybridized carbons (Fsp3) is 0.400. The smallest absolute Gasteiger partial charge is 0.175 e. The lowest BCUT2D eigenvalue weighted by Gasteiger charge is -2.12. The van der Waals surface area contributed by atoms with Gasteiger partial charge in [-0.1, -0.05) is 0 Å². The van der Waals surface area contributed by atoms with Crippen molar-refractivity contribution < 1.29 is 17.2 Å². The summed E-state index contributed by atoms with van der Waals surface area (Å²) in [7, 11) is -3.56. The van der Waals surface area contributed by atoms with Gasteiger partial charge in [-0.3, -0.25) is 0 Å². The predicted octanol–water partition coefficient (Wildman–Crippen LogP) is 1.32. The molecule has 0 unspecified atom stereocenters. The second-order valence-electron chi connectivity index (χ2n) is 4.19. The first kappa shape index (κ1) is 11.5. The SMILES string of the molecule is CS(=O)(=O)c1cc(F)c(F)c(C2(N)CC2)c1. The van der Waals surface area contributed by atoms with Crippen molar-refractivity contribution in [2.45, 2.75) is 23.3 Å². The first-order valence-electron chi connectivity index (χ1n) is 4.72. The molecule has 6 heteroatoms. The van der Waals surface area contributed by atoms with Crippen LogP contribution in [0.5, 0.6) is 0 Å². The summed E-state index contributed by atoms with van der Waals surface area (Å²) in [4.78, 5) is -0.238. The Kier molecular flexibility index (Phi) is 2.32. The Morgan fingerprint density at radius 1 is 1.31 bits per heavy atom. The number of nitrogens with two attached hydrogens (primary N) is 1. The van der Waals surface area contributed by atoms with Gasteiger partial charge in [-0.15, -0.1) is 0 Å². The highest BCUT2D eigenvalue weighted by Crippen LogP contribution is 2.44. The topological polar surface area (TPSA) is 60.2 Å². The van der Waals surface area contributed by atoms with Gasteiger partial charge in [0.2, 0.25) is 0 Å². The highest BCUT2D eigenvalue weighted by Gasteiger charge is 2.43. The van der Waals surface area contributed by atoms with Crippen molar-refractivity contribution >= 4 is 9.84 Å². The standard InChI is InChI=1S/C10H11F2NO2S/c1-16(14,15)6-4-7(10(13)2-3-10)9(12)8(11)5-6/h4-5H,2-3,13H2,1H3. The van der Waals surface area contributed by atoms with E-state index in [4.69, 9.17) is 5.73 Å². The van der Waals surface area contributed by atoms with Crippen LogP contribution in [0.4, 0.5) is 8.78 Å². The van der Waals surface area contributed by atoms with E-state index < -0.39 is 27.0 Å². The van der Waals surface area contributed by atoms with E-state index in [1.165, 1.54) is 0 Å². The quantitative estimate of drug-likeness (QED) is 0.802. The van der Waals surface area contributed by atoms with Gasteiger partial charge >= 0.3 is 0 Å². The molecule has 0 aromatic heterocycles. The Morgan fingerprint density at radius 3 is 2.31 bits per heavy atom. The van der Waals surface area contributed by atoms with Crippen molar-refractivity contribution in [3.05, 3.63) is 29.3 Å². The monoisotopic (exact) mass is 247 g/mol. The maximum atomic E-state index is 13.5. The van der Waals surface area contributed by atoms with Crippen LogP contribution in [0.1, 0.15) is 18.4 Å². The molecule has 0 heterocycles. The molecule has 0 aliphatic heterocycles. The third-order valence-corrected chi connectivity index (χ3v) is 3.85. The minimum absolute atomic E-state index is 0.0482. The average molecular weight is 247 g/mol. The van der Waals surface area contributed by atoms with Gasteiger partial charge in [-0.2, -0.15) is 0 Å². The molecule has 1 aliphatic rings. The molecule has 0 spiro atoms. The van der Waals surface area contributed by atoms with Gasteiger partial charge in [0.15, 0.2) is 21.5 Å². The van der Waals surface area contributed by atoms with Gasteiger partial charge in [0, 0.05) is 17.4 Å². The van der Waals surface area contributed by atoms with E-state index >= 15 is 0 Å². The fourth-order valence-electron chi connectivity index (χ4n) is 1.54. The summed E-state index contributed by atoms with van der Waals surface area (Å²) >= 11 is 0. The molecule has 0 amide bonds.